The van der Waals surface area contributed by atoms with Crippen molar-refractivity contribution in [1.82, 2.24) is 4.98 Å². The molecule has 2 aromatic rings. The largest absolute Gasteiger partial charge is 0.494 e. The molecule has 1 aliphatic rings. The van der Waals surface area contributed by atoms with Crippen LogP contribution in [0.5, 0.6) is 5.75 Å². The van der Waals surface area contributed by atoms with E-state index >= 15 is 0 Å². The smallest absolute Gasteiger partial charge is 0.328 e. The highest BCUT2D eigenvalue weighted by atomic mass is 35.5. The summed E-state index contributed by atoms with van der Waals surface area (Å²) in [5.74, 6) is 0.765. The molecule has 132 valence electrons. The fourth-order valence-electron chi connectivity index (χ4n) is 2.81. The molecule has 1 atom stereocenters. The van der Waals surface area contributed by atoms with Gasteiger partial charge in [-0.3, -0.25) is 9.88 Å². The van der Waals surface area contributed by atoms with Crippen molar-refractivity contribution in [3.63, 3.8) is 0 Å². The number of carbonyl (C=O) groups excluding carboxylic acids is 1. The molecule has 8 heteroatoms. The van der Waals surface area contributed by atoms with Crippen molar-refractivity contribution >= 4 is 46.3 Å². The third-order valence-electron chi connectivity index (χ3n) is 3.98. The molecular weight excluding hydrogens is 363 g/mol. The van der Waals surface area contributed by atoms with Gasteiger partial charge in [-0.1, -0.05) is 43.1 Å². The van der Waals surface area contributed by atoms with Crippen LogP contribution in [0, 0.1) is 5.92 Å². The van der Waals surface area contributed by atoms with E-state index in [1.165, 1.54) is 12.4 Å². The molecule has 6 nitrogen and oxygen atoms in total. The molecule has 0 spiro atoms. The van der Waals surface area contributed by atoms with E-state index in [0.29, 0.717) is 17.1 Å². The van der Waals surface area contributed by atoms with Crippen LogP contribution in [0.2, 0.25) is 10.0 Å². The maximum Gasteiger partial charge on any atom is 0.328 e. The van der Waals surface area contributed by atoms with E-state index in [2.05, 4.69) is 15.6 Å². The Morgan fingerprint density at radius 3 is 2.60 bits per heavy atom. The van der Waals surface area contributed by atoms with Crippen LogP contribution in [-0.4, -0.2) is 24.3 Å². The van der Waals surface area contributed by atoms with E-state index in [-0.39, 0.29) is 28.2 Å². The Labute approximate surface area is 156 Å². The lowest BCUT2D eigenvalue weighted by Crippen LogP contribution is -2.46. The number of para-hydroxylation sites is 1. The molecule has 1 aromatic heterocycles. The second-order valence-corrected chi connectivity index (χ2v) is 6.78. The van der Waals surface area contributed by atoms with Crippen LogP contribution in [0.15, 0.2) is 30.6 Å². The Hall–Kier alpha value is -2.18. The van der Waals surface area contributed by atoms with E-state index in [0.717, 1.165) is 5.69 Å². The van der Waals surface area contributed by atoms with Gasteiger partial charge >= 0.3 is 6.03 Å². The normalized spacial score (nSPS) is 15.8. The van der Waals surface area contributed by atoms with Gasteiger partial charge in [0.15, 0.2) is 0 Å². The Kier molecular flexibility index (Phi) is 4.92. The number of hydrogen-bond acceptors (Lipinski definition) is 4. The van der Waals surface area contributed by atoms with Gasteiger partial charge in [-0.2, -0.15) is 0 Å². The van der Waals surface area contributed by atoms with Crippen molar-refractivity contribution in [2.24, 2.45) is 5.92 Å². The lowest BCUT2D eigenvalue weighted by Gasteiger charge is -2.28. The average Bonchev–Trinajstić information content (AvgIpc) is 2.98. The lowest BCUT2D eigenvalue weighted by atomic mass is 10.1. The van der Waals surface area contributed by atoms with Gasteiger partial charge in [0, 0.05) is 12.4 Å². The molecular formula is C17H18Cl2N4O2. The second kappa shape index (κ2) is 6.98. The first kappa shape index (κ1) is 17.6. The number of pyridine rings is 1. The van der Waals surface area contributed by atoms with Crippen molar-refractivity contribution in [2.75, 3.05) is 22.6 Å². The Bertz CT molecular complexity index is 793. The van der Waals surface area contributed by atoms with Crippen LogP contribution in [0.4, 0.5) is 21.9 Å². The van der Waals surface area contributed by atoms with E-state index in [1.54, 1.807) is 12.0 Å². The first-order valence-electron chi connectivity index (χ1n) is 7.76. The van der Waals surface area contributed by atoms with Gasteiger partial charge in [-0.05, 0) is 18.1 Å². The number of fused-ring (bicyclic) bond motifs is 1. The van der Waals surface area contributed by atoms with Crippen molar-refractivity contribution in [1.29, 1.82) is 0 Å². The van der Waals surface area contributed by atoms with Crippen LogP contribution in [-0.2, 0) is 0 Å². The van der Waals surface area contributed by atoms with Crippen LogP contribution >= 0.6 is 23.2 Å². The average molecular weight is 381 g/mol. The van der Waals surface area contributed by atoms with Gasteiger partial charge in [-0.25, -0.2) is 4.79 Å². The number of hydrogen-bond donors (Lipinski definition) is 2. The molecule has 1 aromatic carbocycles. The van der Waals surface area contributed by atoms with Crippen LogP contribution in [0.25, 0.3) is 0 Å². The minimum Gasteiger partial charge on any atom is -0.494 e. The standard InChI is InChI=1S/C17H18Cl2N4O2/c1-9(2)16-21-12-5-4-6-13(25-3)15(12)23(16)17(24)22-14-10(18)7-20-8-11(14)19/h4-9,16,21H,1-3H3,(H,20,22,24). The molecule has 0 saturated heterocycles. The highest BCUT2D eigenvalue weighted by Gasteiger charge is 2.38. The summed E-state index contributed by atoms with van der Waals surface area (Å²) in [5.41, 5.74) is 1.84. The van der Waals surface area contributed by atoms with Gasteiger partial charge in [0.05, 0.1) is 28.5 Å². The predicted molar refractivity (Wildman–Crippen MR) is 101 cm³/mol. The summed E-state index contributed by atoms with van der Waals surface area (Å²) in [6.07, 6.45) is 2.63. The molecule has 3 rings (SSSR count). The summed E-state index contributed by atoms with van der Waals surface area (Å²) in [6, 6.07) is 5.24. The Balaban J connectivity index is 2.01. The SMILES string of the molecule is COc1cccc2c1N(C(=O)Nc1c(Cl)cncc1Cl)C(C(C)C)N2. The molecule has 2 amide bonds. The highest BCUT2D eigenvalue weighted by Crippen LogP contribution is 2.44. The number of nitrogens with zero attached hydrogens (tertiary/aromatic N) is 2. The van der Waals surface area contributed by atoms with Crippen molar-refractivity contribution in [2.45, 2.75) is 20.0 Å². The maximum absolute atomic E-state index is 13.0. The first-order chi connectivity index (χ1) is 11.9. The highest BCUT2D eigenvalue weighted by molar-refractivity contribution is 6.39. The molecule has 0 bridgehead atoms. The van der Waals surface area contributed by atoms with Crippen molar-refractivity contribution < 1.29 is 9.53 Å². The van der Waals surface area contributed by atoms with Crippen LogP contribution in [0.3, 0.4) is 0 Å². The fraction of sp³-hybridized carbons (Fsp3) is 0.294. The molecule has 25 heavy (non-hydrogen) atoms. The summed E-state index contributed by atoms with van der Waals surface area (Å²) >= 11 is 12.2. The lowest BCUT2D eigenvalue weighted by molar-refractivity contribution is 0.254. The number of amides is 2. The number of ether oxygens (including phenoxy) is 1. The maximum atomic E-state index is 13.0. The first-order valence-corrected chi connectivity index (χ1v) is 8.52. The molecule has 0 fully saturated rings. The molecule has 0 aliphatic carbocycles. The predicted octanol–water partition coefficient (Wildman–Crippen LogP) is 4.84. The molecule has 2 N–H and O–H groups in total. The van der Waals surface area contributed by atoms with E-state index < -0.39 is 0 Å². The number of anilines is 3. The topological polar surface area (TPSA) is 66.5 Å². The summed E-state index contributed by atoms with van der Waals surface area (Å²) in [4.78, 5) is 18.6. The number of rotatable bonds is 3. The van der Waals surface area contributed by atoms with Gasteiger partial charge in [0.1, 0.15) is 17.6 Å². The number of nitrogens with one attached hydrogen (secondary N) is 2. The van der Waals surface area contributed by atoms with Gasteiger partial charge in [0.2, 0.25) is 0 Å². The number of halogens is 2. The van der Waals surface area contributed by atoms with Crippen LogP contribution < -0.4 is 20.3 Å². The summed E-state index contributed by atoms with van der Waals surface area (Å²) in [5, 5.41) is 6.69. The zero-order valence-electron chi connectivity index (χ0n) is 14.0. The Morgan fingerprint density at radius 2 is 2.00 bits per heavy atom. The van der Waals surface area contributed by atoms with Crippen LogP contribution in [0.1, 0.15) is 13.8 Å². The monoisotopic (exact) mass is 380 g/mol. The number of carbonyl (C=O) groups is 1. The minimum atomic E-state index is -0.357. The zero-order chi connectivity index (χ0) is 18.1. The van der Waals surface area contributed by atoms with Gasteiger partial charge in [0.25, 0.3) is 0 Å². The molecule has 1 aliphatic heterocycles. The van der Waals surface area contributed by atoms with Gasteiger partial charge in [-0.15, -0.1) is 0 Å². The van der Waals surface area contributed by atoms with Crippen molar-refractivity contribution in [3.8, 4) is 5.75 Å². The number of benzene rings is 1. The van der Waals surface area contributed by atoms with E-state index in [4.69, 9.17) is 27.9 Å². The zero-order valence-corrected chi connectivity index (χ0v) is 15.5. The summed E-state index contributed by atoms with van der Waals surface area (Å²) in [6.45, 7) is 4.06. The molecule has 0 saturated carbocycles. The van der Waals surface area contributed by atoms with E-state index in [1.807, 2.05) is 32.0 Å². The quantitative estimate of drug-likeness (QED) is 0.798. The van der Waals surface area contributed by atoms with E-state index in [9.17, 15) is 4.79 Å². The fourth-order valence-corrected chi connectivity index (χ4v) is 3.26. The summed E-state index contributed by atoms with van der Waals surface area (Å²) in [7, 11) is 1.57. The number of aromatic nitrogens is 1. The summed E-state index contributed by atoms with van der Waals surface area (Å²) < 4.78 is 5.44. The third kappa shape index (κ3) is 3.19. The molecule has 1 unspecified atom stereocenters. The molecule has 2 heterocycles. The second-order valence-electron chi connectivity index (χ2n) is 5.97. The Morgan fingerprint density at radius 1 is 1.32 bits per heavy atom. The van der Waals surface area contributed by atoms with Crippen molar-refractivity contribution in [3.05, 3.63) is 40.6 Å². The third-order valence-corrected chi connectivity index (χ3v) is 4.55. The number of methoxy groups -OCH3 is 1. The molecule has 0 radical (unpaired) electrons. The minimum absolute atomic E-state index is 0.159. The van der Waals surface area contributed by atoms with Gasteiger partial charge < -0.3 is 15.4 Å². The number of urea groups is 1.